The Morgan fingerprint density at radius 2 is 1.85 bits per heavy atom. The third kappa shape index (κ3) is 8.12. The third-order valence-electron chi connectivity index (χ3n) is 6.47. The molecule has 1 N–H and O–H groups in total. The minimum Gasteiger partial charge on any atom is -0.484 e. The summed E-state index contributed by atoms with van der Waals surface area (Å²) in [7, 11) is -1.26. The van der Waals surface area contributed by atoms with E-state index in [9.17, 15) is 9.59 Å². The van der Waals surface area contributed by atoms with Crippen LogP contribution in [0.25, 0.3) is 11.4 Å². The van der Waals surface area contributed by atoms with E-state index in [1.54, 1.807) is 47.6 Å². The van der Waals surface area contributed by atoms with Crippen molar-refractivity contribution >= 4 is 37.7 Å². The van der Waals surface area contributed by atoms with Gasteiger partial charge in [-0.2, -0.15) is 5.26 Å². The number of fused-ring (bicyclic) bond motifs is 1. The molecule has 2 amide bonds. The number of imidazole rings is 1. The fraction of sp³-hybridized carbons (Fsp3) is 0.367. The molecule has 0 unspecified atom stereocenters. The predicted octanol–water partition coefficient (Wildman–Crippen LogP) is 5.21. The number of hydrogen-bond acceptors (Lipinski definition) is 7. The third-order valence-corrected chi connectivity index (χ3v) is 8.18. The maximum absolute atomic E-state index is 12.9. The van der Waals surface area contributed by atoms with E-state index >= 15 is 0 Å². The van der Waals surface area contributed by atoms with Crippen molar-refractivity contribution in [3.05, 3.63) is 59.8 Å². The quantitative estimate of drug-likeness (QED) is 0.235. The lowest BCUT2D eigenvalue weighted by atomic mass is 10.2. The Kier molecular flexibility index (Phi) is 9.70. The molecule has 0 fully saturated rings. The highest BCUT2D eigenvalue weighted by Gasteiger charge is 2.25. The molecule has 10 nitrogen and oxygen atoms in total. The summed E-state index contributed by atoms with van der Waals surface area (Å²) in [5, 5.41) is 11.7. The SMILES string of the molecule is CCCN1C=Nc2nc(-c3ccc(OCC(=O)Nc4ccc(C#N)cc4)cc3)n(COCC[Si](C)(C)C)c2CC1=O. The van der Waals surface area contributed by atoms with Crippen LogP contribution in [-0.2, 0) is 27.5 Å². The molecular weight excluding hydrogens is 536 g/mol. The van der Waals surface area contributed by atoms with Gasteiger partial charge in [-0.3, -0.25) is 9.59 Å². The highest BCUT2D eigenvalue weighted by molar-refractivity contribution is 6.76. The van der Waals surface area contributed by atoms with Crippen molar-refractivity contribution < 1.29 is 19.1 Å². The van der Waals surface area contributed by atoms with Crippen LogP contribution in [0.1, 0.15) is 24.6 Å². The molecule has 2 heterocycles. The van der Waals surface area contributed by atoms with Gasteiger partial charge in [0.1, 0.15) is 18.3 Å². The zero-order chi connectivity index (χ0) is 29.4. The first kappa shape index (κ1) is 29.7. The summed E-state index contributed by atoms with van der Waals surface area (Å²) < 4.78 is 13.7. The number of ether oxygens (including phenoxy) is 2. The number of nitrogens with one attached hydrogen (secondary N) is 1. The van der Waals surface area contributed by atoms with Crippen LogP contribution in [0.3, 0.4) is 0 Å². The normalized spacial score (nSPS) is 13.0. The number of rotatable bonds is 12. The molecule has 41 heavy (non-hydrogen) atoms. The number of benzene rings is 2. The second kappa shape index (κ2) is 13.4. The maximum atomic E-state index is 12.9. The Labute approximate surface area is 241 Å². The van der Waals surface area contributed by atoms with E-state index in [4.69, 9.17) is 19.7 Å². The molecule has 0 bridgehead atoms. The average Bonchev–Trinajstić information content (AvgIpc) is 3.20. The van der Waals surface area contributed by atoms with E-state index < -0.39 is 8.07 Å². The summed E-state index contributed by atoms with van der Waals surface area (Å²) >= 11 is 0. The lowest BCUT2D eigenvalue weighted by molar-refractivity contribution is -0.126. The molecule has 0 saturated heterocycles. The van der Waals surface area contributed by atoms with Crippen LogP contribution in [0.15, 0.2) is 53.5 Å². The molecule has 1 aliphatic rings. The Balaban J connectivity index is 1.48. The first-order chi connectivity index (χ1) is 19.7. The van der Waals surface area contributed by atoms with Gasteiger partial charge in [0.2, 0.25) is 5.91 Å². The van der Waals surface area contributed by atoms with Gasteiger partial charge in [0, 0.05) is 32.5 Å². The number of nitriles is 1. The smallest absolute Gasteiger partial charge is 0.262 e. The number of aromatic nitrogens is 2. The van der Waals surface area contributed by atoms with Gasteiger partial charge in [0.25, 0.3) is 5.91 Å². The van der Waals surface area contributed by atoms with Gasteiger partial charge in [-0.1, -0.05) is 26.6 Å². The van der Waals surface area contributed by atoms with Crippen molar-refractivity contribution in [1.29, 1.82) is 5.26 Å². The average molecular weight is 573 g/mol. The van der Waals surface area contributed by atoms with Crippen molar-refractivity contribution in [3.63, 3.8) is 0 Å². The fourth-order valence-electron chi connectivity index (χ4n) is 4.18. The molecule has 0 spiro atoms. The van der Waals surface area contributed by atoms with Crippen LogP contribution in [0.5, 0.6) is 5.75 Å². The van der Waals surface area contributed by atoms with E-state index in [0.717, 1.165) is 23.7 Å². The minimum atomic E-state index is -1.26. The second-order valence-electron chi connectivity index (χ2n) is 11.0. The fourth-order valence-corrected chi connectivity index (χ4v) is 4.93. The number of anilines is 1. The summed E-state index contributed by atoms with van der Waals surface area (Å²) in [6.45, 7) is 10.3. The molecule has 11 heteroatoms. The summed E-state index contributed by atoms with van der Waals surface area (Å²) in [6, 6.07) is 17.0. The number of aliphatic imine (C=N–C) groups is 1. The molecule has 4 rings (SSSR count). The van der Waals surface area contributed by atoms with Crippen LogP contribution >= 0.6 is 0 Å². The van der Waals surface area contributed by atoms with E-state index in [2.05, 4.69) is 30.0 Å². The molecule has 0 aliphatic carbocycles. The second-order valence-corrected chi connectivity index (χ2v) is 16.7. The van der Waals surface area contributed by atoms with Crippen molar-refractivity contribution in [2.75, 3.05) is 25.1 Å². The lowest BCUT2D eigenvalue weighted by Crippen LogP contribution is -2.31. The zero-order valence-corrected chi connectivity index (χ0v) is 25.0. The number of carbonyl (C=O) groups excluding carboxylic acids is 2. The lowest BCUT2D eigenvalue weighted by Gasteiger charge is -2.18. The van der Waals surface area contributed by atoms with Crippen molar-refractivity contribution in [1.82, 2.24) is 14.5 Å². The van der Waals surface area contributed by atoms with Gasteiger partial charge in [-0.05, 0) is 61.0 Å². The molecule has 2 aromatic carbocycles. The van der Waals surface area contributed by atoms with E-state index in [1.165, 1.54) is 0 Å². The van der Waals surface area contributed by atoms with Gasteiger partial charge in [0.05, 0.1) is 30.1 Å². The van der Waals surface area contributed by atoms with Crippen LogP contribution in [-0.4, -0.2) is 60.4 Å². The molecule has 0 atom stereocenters. The van der Waals surface area contributed by atoms with Crippen LogP contribution < -0.4 is 10.1 Å². The monoisotopic (exact) mass is 572 g/mol. The highest BCUT2D eigenvalue weighted by Crippen LogP contribution is 2.31. The Bertz CT molecular complexity index is 1440. The molecule has 1 aromatic heterocycles. The molecule has 0 saturated carbocycles. The van der Waals surface area contributed by atoms with Gasteiger partial charge < -0.3 is 24.3 Å². The van der Waals surface area contributed by atoms with Crippen molar-refractivity contribution in [2.45, 2.75) is 52.2 Å². The topological polar surface area (TPSA) is 122 Å². The van der Waals surface area contributed by atoms with Gasteiger partial charge in [-0.15, -0.1) is 0 Å². The minimum absolute atomic E-state index is 0.0211. The van der Waals surface area contributed by atoms with E-state index in [-0.39, 0.29) is 31.6 Å². The Morgan fingerprint density at radius 1 is 1.12 bits per heavy atom. The van der Waals surface area contributed by atoms with Crippen molar-refractivity contribution in [3.8, 4) is 23.2 Å². The van der Waals surface area contributed by atoms with Gasteiger partial charge in [-0.25, -0.2) is 9.98 Å². The highest BCUT2D eigenvalue weighted by atomic mass is 28.3. The number of carbonyl (C=O) groups is 2. The van der Waals surface area contributed by atoms with Gasteiger partial charge >= 0.3 is 0 Å². The first-order valence-corrected chi connectivity index (χ1v) is 17.4. The number of hydrogen-bond donors (Lipinski definition) is 1. The first-order valence-electron chi connectivity index (χ1n) is 13.7. The summed E-state index contributed by atoms with van der Waals surface area (Å²) in [4.78, 5) is 36.2. The molecule has 214 valence electrons. The standard InChI is InChI=1S/C30H36N6O4Si/c1-5-14-35-20-32-29-26(17-28(35)38)36(21-39-15-16-41(2,3)4)30(34-29)23-8-12-25(13-9-23)40-19-27(37)33-24-10-6-22(18-31)7-11-24/h6-13,20H,5,14-17,19,21H2,1-4H3,(H,33,37). The Morgan fingerprint density at radius 3 is 2.51 bits per heavy atom. The van der Waals surface area contributed by atoms with Crippen LogP contribution in [0, 0.1) is 11.3 Å². The van der Waals surface area contributed by atoms with Crippen molar-refractivity contribution in [2.24, 2.45) is 4.99 Å². The molecule has 3 aromatic rings. The Hall–Kier alpha value is -4.27. The molecule has 0 radical (unpaired) electrons. The predicted molar refractivity (Wildman–Crippen MR) is 161 cm³/mol. The number of amides is 2. The molecule has 1 aliphatic heterocycles. The van der Waals surface area contributed by atoms with Gasteiger partial charge in [0.15, 0.2) is 12.4 Å². The number of nitrogens with zero attached hydrogens (tertiary/aromatic N) is 5. The van der Waals surface area contributed by atoms with E-state index in [0.29, 0.717) is 41.8 Å². The molecular formula is C30H36N6O4Si. The largest absolute Gasteiger partial charge is 0.484 e. The summed E-state index contributed by atoms with van der Waals surface area (Å²) in [6.07, 6.45) is 2.60. The van der Waals surface area contributed by atoms with E-state index in [1.807, 2.05) is 29.7 Å². The van der Waals surface area contributed by atoms with Crippen LogP contribution in [0.2, 0.25) is 25.7 Å². The summed E-state index contributed by atoms with van der Waals surface area (Å²) in [5.74, 6) is 1.36. The summed E-state index contributed by atoms with van der Waals surface area (Å²) in [5.41, 5.74) is 2.65. The zero-order valence-electron chi connectivity index (χ0n) is 24.0. The van der Waals surface area contributed by atoms with Crippen LogP contribution in [0.4, 0.5) is 11.5 Å². The maximum Gasteiger partial charge on any atom is 0.262 e.